The van der Waals surface area contributed by atoms with E-state index in [4.69, 9.17) is 0 Å². The third kappa shape index (κ3) is 7.59. The molecule has 0 radical (unpaired) electrons. The lowest BCUT2D eigenvalue weighted by Gasteiger charge is -2.26. The number of fused-ring (bicyclic) bond motifs is 1. The number of benzene rings is 2. The first-order valence-electron chi connectivity index (χ1n) is 14.2. The Bertz CT molecular complexity index is 1200. The fourth-order valence-corrected chi connectivity index (χ4v) is 4.83. The Kier molecular flexibility index (Phi) is 11.7. The molecule has 0 saturated heterocycles. The molecule has 0 bridgehead atoms. The van der Waals surface area contributed by atoms with Crippen molar-refractivity contribution in [1.29, 1.82) is 0 Å². The average molecular weight is 527 g/mol. The lowest BCUT2D eigenvalue weighted by atomic mass is 10.0. The van der Waals surface area contributed by atoms with Crippen molar-refractivity contribution in [3.05, 3.63) is 71.6 Å². The molecule has 0 aliphatic carbocycles. The van der Waals surface area contributed by atoms with Gasteiger partial charge in [0.2, 0.25) is 6.20 Å². The zero-order valence-electron chi connectivity index (χ0n) is 23.4. The summed E-state index contributed by atoms with van der Waals surface area (Å²) in [5.74, 6) is -1.58. The minimum Gasteiger partial charge on any atom is -0.369 e. The standard InChI is InChI=1S/C32H43F3N3/c1-5-9-20-38(21-10-6-2)31-16-15-26-25(13-11-14-27(26)32(31)35)23-29(33)28-17-22-37(24-30(28)34)19-12-18-36(7-3)8-4/h11,13-17,22-24H,5-10,12,18-21H2,1-4H3/q+1/b29-23-. The molecule has 1 heterocycles. The summed E-state index contributed by atoms with van der Waals surface area (Å²) in [5, 5.41) is 1.05. The van der Waals surface area contributed by atoms with Crippen LogP contribution in [0, 0.1) is 11.6 Å². The molecule has 0 aliphatic rings. The van der Waals surface area contributed by atoms with Gasteiger partial charge in [-0.2, -0.15) is 4.39 Å². The van der Waals surface area contributed by atoms with E-state index in [-0.39, 0.29) is 11.4 Å². The maximum atomic E-state index is 15.7. The van der Waals surface area contributed by atoms with Crippen LogP contribution >= 0.6 is 0 Å². The Hall–Kier alpha value is -2.86. The predicted molar refractivity (Wildman–Crippen MR) is 154 cm³/mol. The first-order valence-corrected chi connectivity index (χ1v) is 14.2. The van der Waals surface area contributed by atoms with Crippen molar-refractivity contribution >= 4 is 28.4 Å². The van der Waals surface area contributed by atoms with Gasteiger partial charge in [0.25, 0.3) is 0 Å². The van der Waals surface area contributed by atoms with Crippen molar-refractivity contribution < 1.29 is 17.7 Å². The summed E-state index contributed by atoms with van der Waals surface area (Å²) >= 11 is 0. The van der Waals surface area contributed by atoms with Gasteiger partial charge in [-0.1, -0.05) is 64.8 Å². The number of hydrogen-bond acceptors (Lipinski definition) is 2. The molecule has 0 aliphatic heterocycles. The van der Waals surface area contributed by atoms with Crippen molar-refractivity contribution in [2.75, 3.05) is 37.6 Å². The van der Waals surface area contributed by atoms with Crippen molar-refractivity contribution in [3.63, 3.8) is 0 Å². The van der Waals surface area contributed by atoms with Gasteiger partial charge in [0.05, 0.1) is 11.3 Å². The van der Waals surface area contributed by atoms with Crippen LogP contribution in [-0.2, 0) is 6.54 Å². The minimum absolute atomic E-state index is 0.0932. The molecule has 206 valence electrons. The molecule has 3 aromatic rings. The molecule has 0 saturated carbocycles. The van der Waals surface area contributed by atoms with E-state index in [9.17, 15) is 4.39 Å². The Morgan fingerprint density at radius 1 is 0.842 bits per heavy atom. The molecule has 1 aromatic heterocycles. The van der Waals surface area contributed by atoms with Crippen LogP contribution in [-0.4, -0.2) is 37.6 Å². The van der Waals surface area contributed by atoms with Crippen molar-refractivity contribution in [1.82, 2.24) is 4.90 Å². The predicted octanol–water partition coefficient (Wildman–Crippen LogP) is 8.01. The number of aromatic nitrogens is 1. The smallest absolute Gasteiger partial charge is 0.205 e. The number of nitrogens with zero attached hydrogens (tertiary/aromatic N) is 3. The van der Waals surface area contributed by atoms with Gasteiger partial charge in [0, 0.05) is 37.5 Å². The highest BCUT2D eigenvalue weighted by Crippen LogP contribution is 2.32. The lowest BCUT2D eigenvalue weighted by molar-refractivity contribution is -0.698. The van der Waals surface area contributed by atoms with E-state index in [2.05, 4.69) is 37.5 Å². The molecular formula is C32H43F3N3+. The van der Waals surface area contributed by atoms with Gasteiger partial charge in [-0.05, 0) is 49.0 Å². The summed E-state index contributed by atoms with van der Waals surface area (Å²) < 4.78 is 47.6. The molecule has 0 amide bonds. The molecule has 0 N–H and O–H groups in total. The molecular weight excluding hydrogens is 483 g/mol. The third-order valence-corrected chi connectivity index (χ3v) is 7.21. The van der Waals surface area contributed by atoms with Crippen molar-refractivity contribution in [2.24, 2.45) is 0 Å². The second-order valence-corrected chi connectivity index (χ2v) is 9.85. The quantitative estimate of drug-likeness (QED) is 0.186. The second kappa shape index (κ2) is 14.9. The largest absolute Gasteiger partial charge is 0.369 e. The first kappa shape index (κ1) is 29.7. The maximum Gasteiger partial charge on any atom is 0.205 e. The summed E-state index contributed by atoms with van der Waals surface area (Å²) in [6, 6.07) is 10.3. The number of halogens is 3. The maximum absolute atomic E-state index is 15.7. The van der Waals surface area contributed by atoms with E-state index < -0.39 is 11.6 Å². The first-order chi connectivity index (χ1) is 18.4. The number of rotatable bonds is 15. The minimum atomic E-state index is -0.678. The lowest BCUT2D eigenvalue weighted by Crippen LogP contribution is -2.36. The SMILES string of the molecule is CCCCN(CCCC)c1ccc2c(/C=C(\F)c3cc[n+](CCCN(CC)CC)cc3F)cccc2c1F. The Morgan fingerprint density at radius 3 is 2.18 bits per heavy atom. The Labute approximate surface area is 226 Å². The fourth-order valence-electron chi connectivity index (χ4n) is 4.83. The van der Waals surface area contributed by atoms with Crippen molar-refractivity contribution in [3.8, 4) is 0 Å². The van der Waals surface area contributed by atoms with Crippen LogP contribution in [0.5, 0.6) is 0 Å². The molecule has 3 rings (SSSR count). The molecule has 0 fully saturated rings. The van der Waals surface area contributed by atoms with Crippen LogP contribution in [0.15, 0.2) is 48.8 Å². The van der Waals surface area contributed by atoms with Gasteiger partial charge in [-0.3, -0.25) is 0 Å². The number of unbranched alkanes of at least 4 members (excludes halogenated alkanes) is 2. The van der Waals surface area contributed by atoms with Crippen molar-refractivity contribution in [2.45, 2.75) is 66.3 Å². The average Bonchev–Trinajstić information content (AvgIpc) is 2.92. The number of hydrogen-bond donors (Lipinski definition) is 0. The molecule has 6 heteroatoms. The van der Waals surface area contributed by atoms with Crippen LogP contribution in [0.3, 0.4) is 0 Å². The molecule has 0 spiro atoms. The Morgan fingerprint density at radius 2 is 1.55 bits per heavy atom. The summed E-state index contributed by atoms with van der Waals surface area (Å²) in [5.41, 5.74) is 1.01. The topological polar surface area (TPSA) is 10.4 Å². The van der Waals surface area contributed by atoms with Gasteiger partial charge in [0.15, 0.2) is 17.8 Å². The summed E-state index contributed by atoms with van der Waals surface area (Å²) in [6.07, 6.45) is 9.32. The molecule has 2 aromatic carbocycles. The van der Waals surface area contributed by atoms with Gasteiger partial charge in [-0.25, -0.2) is 13.3 Å². The summed E-state index contributed by atoms with van der Waals surface area (Å²) in [4.78, 5) is 4.43. The van der Waals surface area contributed by atoms with E-state index in [1.165, 1.54) is 18.3 Å². The number of anilines is 1. The summed E-state index contributed by atoms with van der Waals surface area (Å²) in [6.45, 7) is 13.7. The van der Waals surface area contributed by atoms with Crippen LogP contribution in [0.2, 0.25) is 0 Å². The van der Waals surface area contributed by atoms with E-state index in [1.54, 1.807) is 35.0 Å². The zero-order chi connectivity index (χ0) is 27.5. The van der Waals surface area contributed by atoms with Crippen LogP contribution in [0.25, 0.3) is 22.7 Å². The van der Waals surface area contributed by atoms with Crippen LogP contribution in [0.4, 0.5) is 18.9 Å². The highest BCUT2D eigenvalue weighted by molar-refractivity contribution is 5.96. The van der Waals surface area contributed by atoms with Gasteiger partial charge < -0.3 is 9.80 Å². The highest BCUT2D eigenvalue weighted by Gasteiger charge is 2.17. The fraction of sp³-hybridized carbons (Fsp3) is 0.469. The number of pyridine rings is 1. The molecule has 3 nitrogen and oxygen atoms in total. The van der Waals surface area contributed by atoms with E-state index >= 15 is 8.78 Å². The van der Waals surface area contributed by atoms with Gasteiger partial charge >= 0.3 is 0 Å². The monoisotopic (exact) mass is 526 g/mol. The number of aryl methyl sites for hydroxylation is 1. The zero-order valence-corrected chi connectivity index (χ0v) is 23.4. The van der Waals surface area contributed by atoms with E-state index in [0.29, 0.717) is 28.6 Å². The van der Waals surface area contributed by atoms with E-state index in [0.717, 1.165) is 64.8 Å². The normalized spacial score (nSPS) is 12.1. The van der Waals surface area contributed by atoms with E-state index in [1.807, 2.05) is 6.07 Å². The third-order valence-electron chi connectivity index (χ3n) is 7.21. The highest BCUT2D eigenvalue weighted by atomic mass is 19.1. The van der Waals surface area contributed by atoms with Gasteiger partial charge in [0.1, 0.15) is 12.4 Å². The molecule has 0 unspecified atom stereocenters. The molecule has 0 atom stereocenters. The molecule has 38 heavy (non-hydrogen) atoms. The van der Waals surface area contributed by atoms with Crippen LogP contribution in [0.1, 0.15) is 70.9 Å². The second-order valence-electron chi connectivity index (χ2n) is 9.85. The Balaban J connectivity index is 1.85. The van der Waals surface area contributed by atoms with Gasteiger partial charge in [-0.15, -0.1) is 0 Å². The van der Waals surface area contributed by atoms with Crippen LogP contribution < -0.4 is 9.47 Å². The summed E-state index contributed by atoms with van der Waals surface area (Å²) in [7, 11) is 0.